The van der Waals surface area contributed by atoms with Gasteiger partial charge in [0.2, 0.25) is 5.89 Å². The molecule has 0 aliphatic carbocycles. The smallest absolute Gasteiger partial charge is 0.221 e. The van der Waals surface area contributed by atoms with Crippen LogP contribution in [0.5, 0.6) is 0 Å². The molecule has 0 bridgehead atoms. The number of aliphatic hydroxyl groups excluding tert-OH is 1. The van der Waals surface area contributed by atoms with Crippen molar-refractivity contribution in [1.29, 1.82) is 0 Å². The number of hydrogen-bond acceptors (Lipinski definition) is 4. The summed E-state index contributed by atoms with van der Waals surface area (Å²) < 4.78 is 10.6. The Hall–Kier alpha value is -2.17. The lowest BCUT2D eigenvalue weighted by molar-refractivity contribution is 0.161. The van der Waals surface area contributed by atoms with E-state index in [-0.39, 0.29) is 6.61 Å². The normalized spacial score (nSPS) is 11.1. The van der Waals surface area contributed by atoms with E-state index < -0.39 is 0 Å². The van der Waals surface area contributed by atoms with Crippen LogP contribution in [0.15, 0.2) is 46.9 Å². The summed E-state index contributed by atoms with van der Waals surface area (Å²) in [5, 5.41) is 9.42. The fourth-order valence-corrected chi connectivity index (χ4v) is 2.27. The molecule has 2 aromatic carbocycles. The summed E-state index contributed by atoms with van der Waals surface area (Å²) in [6, 6.07) is 13.6. The summed E-state index contributed by atoms with van der Waals surface area (Å²) in [6.45, 7) is 0.374. The van der Waals surface area contributed by atoms with Gasteiger partial charge < -0.3 is 14.3 Å². The Morgan fingerprint density at radius 2 is 2.05 bits per heavy atom. The van der Waals surface area contributed by atoms with E-state index >= 15 is 0 Å². The van der Waals surface area contributed by atoms with Crippen LogP contribution in [0.25, 0.3) is 22.2 Å². The number of rotatable bonds is 4. The van der Waals surface area contributed by atoms with E-state index in [0.717, 1.165) is 27.8 Å². The lowest BCUT2D eigenvalue weighted by Gasteiger charge is -2.06. The van der Waals surface area contributed by atoms with Gasteiger partial charge in [-0.05, 0) is 28.8 Å². The second-order valence-electron chi connectivity index (χ2n) is 4.54. The SMILES string of the molecule is COCc1nc2cc(-c3ccccc3CO)ccc2o1. The van der Waals surface area contributed by atoms with Crippen LogP contribution in [0.1, 0.15) is 11.5 Å². The Labute approximate surface area is 116 Å². The number of methoxy groups -OCH3 is 1. The molecule has 1 N–H and O–H groups in total. The summed E-state index contributed by atoms with van der Waals surface area (Å²) in [5.41, 5.74) is 4.45. The van der Waals surface area contributed by atoms with Crippen molar-refractivity contribution < 1.29 is 14.3 Å². The minimum Gasteiger partial charge on any atom is -0.438 e. The van der Waals surface area contributed by atoms with Crippen molar-refractivity contribution in [2.45, 2.75) is 13.2 Å². The maximum Gasteiger partial charge on any atom is 0.221 e. The van der Waals surface area contributed by atoms with Crippen molar-refractivity contribution in [1.82, 2.24) is 4.98 Å². The molecule has 0 atom stereocenters. The molecular weight excluding hydrogens is 254 g/mol. The van der Waals surface area contributed by atoms with Gasteiger partial charge in [0.05, 0.1) is 6.61 Å². The van der Waals surface area contributed by atoms with E-state index in [2.05, 4.69) is 4.98 Å². The zero-order valence-electron chi connectivity index (χ0n) is 11.2. The second kappa shape index (κ2) is 5.45. The van der Waals surface area contributed by atoms with Crippen LogP contribution in [0.2, 0.25) is 0 Å². The Morgan fingerprint density at radius 3 is 2.85 bits per heavy atom. The average Bonchev–Trinajstić information content (AvgIpc) is 2.89. The van der Waals surface area contributed by atoms with Gasteiger partial charge in [0.15, 0.2) is 5.58 Å². The highest BCUT2D eigenvalue weighted by atomic mass is 16.5. The van der Waals surface area contributed by atoms with Gasteiger partial charge in [-0.15, -0.1) is 0 Å². The molecule has 4 heteroatoms. The molecule has 1 aromatic heterocycles. The van der Waals surface area contributed by atoms with Crippen molar-refractivity contribution in [2.75, 3.05) is 7.11 Å². The van der Waals surface area contributed by atoms with Crippen molar-refractivity contribution in [3.8, 4) is 11.1 Å². The molecule has 0 unspecified atom stereocenters. The third kappa shape index (κ3) is 2.31. The first kappa shape index (κ1) is 12.8. The van der Waals surface area contributed by atoms with Gasteiger partial charge in [-0.1, -0.05) is 30.3 Å². The highest BCUT2D eigenvalue weighted by molar-refractivity contribution is 5.81. The van der Waals surface area contributed by atoms with Crippen molar-refractivity contribution >= 4 is 11.1 Å². The van der Waals surface area contributed by atoms with Gasteiger partial charge in [-0.25, -0.2) is 4.98 Å². The maximum absolute atomic E-state index is 9.42. The maximum atomic E-state index is 9.42. The van der Waals surface area contributed by atoms with Crippen LogP contribution in [-0.2, 0) is 18.0 Å². The number of ether oxygens (including phenoxy) is 1. The molecule has 0 aliphatic rings. The van der Waals surface area contributed by atoms with Crippen molar-refractivity contribution in [2.24, 2.45) is 0 Å². The van der Waals surface area contributed by atoms with Crippen molar-refractivity contribution in [3.05, 3.63) is 53.9 Å². The predicted molar refractivity (Wildman–Crippen MR) is 76.1 cm³/mol. The van der Waals surface area contributed by atoms with Crippen LogP contribution < -0.4 is 0 Å². The van der Waals surface area contributed by atoms with E-state index in [0.29, 0.717) is 12.5 Å². The highest BCUT2D eigenvalue weighted by Crippen LogP contribution is 2.27. The summed E-state index contributed by atoms with van der Waals surface area (Å²) in [4.78, 5) is 4.39. The van der Waals surface area contributed by atoms with Crippen LogP contribution in [-0.4, -0.2) is 17.2 Å². The molecule has 0 amide bonds. The van der Waals surface area contributed by atoms with E-state index in [1.807, 2.05) is 42.5 Å². The fourth-order valence-electron chi connectivity index (χ4n) is 2.27. The first-order valence-electron chi connectivity index (χ1n) is 6.39. The van der Waals surface area contributed by atoms with E-state index in [9.17, 15) is 5.11 Å². The lowest BCUT2D eigenvalue weighted by atomic mass is 10.00. The summed E-state index contributed by atoms with van der Waals surface area (Å²) >= 11 is 0. The number of aromatic nitrogens is 1. The van der Waals surface area contributed by atoms with Gasteiger partial charge in [-0.3, -0.25) is 0 Å². The quantitative estimate of drug-likeness (QED) is 0.790. The van der Waals surface area contributed by atoms with E-state index in [1.54, 1.807) is 7.11 Å². The molecule has 1 heterocycles. The highest BCUT2D eigenvalue weighted by Gasteiger charge is 2.09. The zero-order chi connectivity index (χ0) is 13.9. The largest absolute Gasteiger partial charge is 0.438 e. The molecule has 0 fully saturated rings. The number of aliphatic hydroxyl groups is 1. The summed E-state index contributed by atoms with van der Waals surface area (Å²) in [6.07, 6.45) is 0. The molecule has 0 saturated heterocycles. The average molecular weight is 269 g/mol. The third-order valence-corrected chi connectivity index (χ3v) is 3.20. The van der Waals surface area contributed by atoms with E-state index in [1.165, 1.54) is 0 Å². The number of nitrogens with zero attached hydrogens (tertiary/aromatic N) is 1. The van der Waals surface area contributed by atoms with Crippen molar-refractivity contribution in [3.63, 3.8) is 0 Å². The van der Waals surface area contributed by atoms with Crippen LogP contribution in [0, 0.1) is 0 Å². The molecule has 20 heavy (non-hydrogen) atoms. The first-order valence-corrected chi connectivity index (χ1v) is 6.39. The van der Waals surface area contributed by atoms with Gasteiger partial charge in [0, 0.05) is 7.11 Å². The fraction of sp³-hybridized carbons (Fsp3) is 0.188. The molecule has 3 aromatic rings. The molecular formula is C16H15NO3. The zero-order valence-corrected chi connectivity index (χ0v) is 11.2. The Bertz CT molecular complexity index is 733. The number of benzene rings is 2. The van der Waals surface area contributed by atoms with Crippen LogP contribution in [0.3, 0.4) is 0 Å². The predicted octanol–water partition coefficient (Wildman–Crippen LogP) is 3.13. The van der Waals surface area contributed by atoms with E-state index in [4.69, 9.17) is 9.15 Å². The molecule has 0 radical (unpaired) electrons. The Balaban J connectivity index is 2.08. The Kier molecular flexibility index (Phi) is 3.50. The van der Waals surface area contributed by atoms with Gasteiger partial charge in [0.1, 0.15) is 12.1 Å². The molecule has 0 spiro atoms. The standard InChI is InChI=1S/C16H15NO3/c1-19-10-16-17-14-8-11(6-7-15(14)20-16)13-5-3-2-4-12(13)9-18/h2-8,18H,9-10H2,1H3. The minimum atomic E-state index is 0.0158. The van der Waals surface area contributed by atoms with Gasteiger partial charge >= 0.3 is 0 Å². The first-order chi connectivity index (χ1) is 9.81. The third-order valence-electron chi connectivity index (χ3n) is 3.20. The molecule has 102 valence electrons. The number of fused-ring (bicyclic) bond motifs is 1. The molecule has 0 aliphatic heterocycles. The monoisotopic (exact) mass is 269 g/mol. The molecule has 3 rings (SSSR count). The van der Waals surface area contributed by atoms with Gasteiger partial charge in [-0.2, -0.15) is 0 Å². The Morgan fingerprint density at radius 1 is 1.20 bits per heavy atom. The number of oxazole rings is 1. The van der Waals surface area contributed by atoms with Crippen LogP contribution >= 0.6 is 0 Å². The number of hydrogen-bond donors (Lipinski definition) is 1. The van der Waals surface area contributed by atoms with Gasteiger partial charge in [0.25, 0.3) is 0 Å². The lowest BCUT2D eigenvalue weighted by Crippen LogP contribution is -1.88. The topological polar surface area (TPSA) is 55.5 Å². The minimum absolute atomic E-state index is 0.0158. The second-order valence-corrected chi connectivity index (χ2v) is 4.54. The molecule has 0 saturated carbocycles. The van der Waals surface area contributed by atoms with Crippen LogP contribution in [0.4, 0.5) is 0 Å². The molecule has 4 nitrogen and oxygen atoms in total. The summed E-state index contributed by atoms with van der Waals surface area (Å²) in [7, 11) is 1.61. The summed E-state index contributed by atoms with van der Waals surface area (Å²) in [5.74, 6) is 0.565.